The van der Waals surface area contributed by atoms with Crippen LogP contribution in [0.2, 0.25) is 0 Å². The summed E-state index contributed by atoms with van der Waals surface area (Å²) in [7, 11) is -2.64. The van der Waals surface area contributed by atoms with E-state index in [9.17, 15) is 18.3 Å². The van der Waals surface area contributed by atoms with Crippen molar-refractivity contribution in [2.75, 3.05) is 7.11 Å². The molecule has 1 aromatic heterocycles. The van der Waals surface area contributed by atoms with Gasteiger partial charge in [-0.1, -0.05) is 24.3 Å². The molecule has 0 aliphatic heterocycles. The van der Waals surface area contributed by atoms with Crippen LogP contribution in [0.5, 0.6) is 5.75 Å². The number of carboxylic acids is 1. The number of aromatic carboxylic acids is 1. The third kappa shape index (κ3) is 2.44. The lowest BCUT2D eigenvalue weighted by atomic mass is 10.2. The molecule has 0 aliphatic rings. The Morgan fingerprint density at radius 3 is 2.52 bits per heavy atom. The van der Waals surface area contributed by atoms with Crippen LogP contribution in [-0.4, -0.2) is 30.6 Å². The number of fused-ring (bicyclic) bond motifs is 1. The number of hydrogen-bond donors (Lipinski definition) is 1. The molecule has 0 spiro atoms. The van der Waals surface area contributed by atoms with Gasteiger partial charge in [0.05, 0.1) is 17.5 Å². The summed E-state index contributed by atoms with van der Waals surface area (Å²) in [6.45, 7) is 0. The third-order valence-electron chi connectivity index (χ3n) is 3.47. The number of nitrogens with zero attached hydrogens (tertiary/aromatic N) is 1. The Bertz CT molecular complexity index is 1000. The summed E-state index contributed by atoms with van der Waals surface area (Å²) in [5.74, 6) is -0.938. The SMILES string of the molecule is COc1cccc(S(=O)(=O)n2c(C(=O)O)cc3ccccc32)c1. The maximum Gasteiger partial charge on any atom is 0.353 e. The van der Waals surface area contributed by atoms with Crippen molar-refractivity contribution in [3.05, 3.63) is 60.3 Å². The van der Waals surface area contributed by atoms with E-state index < -0.39 is 16.0 Å². The molecule has 0 unspecified atom stereocenters. The molecular formula is C16H13NO5S. The van der Waals surface area contributed by atoms with Gasteiger partial charge >= 0.3 is 5.97 Å². The number of para-hydroxylation sites is 1. The van der Waals surface area contributed by atoms with Crippen LogP contribution in [0.25, 0.3) is 10.9 Å². The fourth-order valence-electron chi connectivity index (χ4n) is 2.40. The molecule has 23 heavy (non-hydrogen) atoms. The second kappa shape index (κ2) is 5.44. The van der Waals surface area contributed by atoms with Gasteiger partial charge in [-0.3, -0.25) is 0 Å². The van der Waals surface area contributed by atoms with Crippen molar-refractivity contribution < 1.29 is 23.1 Å². The molecule has 118 valence electrons. The summed E-state index contributed by atoms with van der Waals surface area (Å²) in [6, 6.07) is 13.9. The zero-order valence-electron chi connectivity index (χ0n) is 12.1. The van der Waals surface area contributed by atoms with Crippen molar-refractivity contribution in [1.29, 1.82) is 0 Å². The Labute approximate surface area is 132 Å². The van der Waals surface area contributed by atoms with Crippen molar-refractivity contribution in [1.82, 2.24) is 3.97 Å². The largest absolute Gasteiger partial charge is 0.497 e. The molecule has 0 fully saturated rings. The highest BCUT2D eigenvalue weighted by Crippen LogP contribution is 2.27. The molecule has 6 nitrogen and oxygen atoms in total. The van der Waals surface area contributed by atoms with Crippen LogP contribution < -0.4 is 4.74 Å². The minimum Gasteiger partial charge on any atom is -0.497 e. The van der Waals surface area contributed by atoms with Crippen LogP contribution in [0.3, 0.4) is 0 Å². The first-order valence-corrected chi connectivity index (χ1v) is 8.12. The van der Waals surface area contributed by atoms with Crippen molar-refractivity contribution in [3.63, 3.8) is 0 Å². The van der Waals surface area contributed by atoms with Gasteiger partial charge in [-0.05, 0) is 24.3 Å². The Balaban J connectivity index is 2.33. The van der Waals surface area contributed by atoms with Crippen LogP contribution in [0.1, 0.15) is 10.5 Å². The van der Waals surface area contributed by atoms with Gasteiger partial charge in [0.1, 0.15) is 11.4 Å². The van der Waals surface area contributed by atoms with Gasteiger partial charge in [-0.25, -0.2) is 17.2 Å². The molecule has 2 aromatic carbocycles. The molecule has 7 heteroatoms. The normalized spacial score (nSPS) is 11.5. The van der Waals surface area contributed by atoms with Gasteiger partial charge in [0.25, 0.3) is 10.0 Å². The maximum atomic E-state index is 12.9. The Kier molecular flexibility index (Phi) is 3.57. The zero-order chi connectivity index (χ0) is 16.6. The number of ether oxygens (including phenoxy) is 1. The number of hydrogen-bond acceptors (Lipinski definition) is 4. The van der Waals surface area contributed by atoms with Crippen LogP contribution in [-0.2, 0) is 10.0 Å². The monoisotopic (exact) mass is 331 g/mol. The molecule has 1 heterocycles. The summed E-state index contributed by atoms with van der Waals surface area (Å²) < 4.78 is 31.8. The molecule has 0 saturated carbocycles. The fraction of sp³-hybridized carbons (Fsp3) is 0.0625. The van der Waals surface area contributed by atoms with Gasteiger partial charge in [-0.15, -0.1) is 0 Å². The minimum absolute atomic E-state index is 0.0410. The second-order valence-electron chi connectivity index (χ2n) is 4.84. The smallest absolute Gasteiger partial charge is 0.353 e. The maximum absolute atomic E-state index is 12.9. The van der Waals surface area contributed by atoms with Gasteiger partial charge in [-0.2, -0.15) is 0 Å². The number of rotatable bonds is 4. The number of methoxy groups -OCH3 is 1. The third-order valence-corrected chi connectivity index (χ3v) is 5.19. The number of carboxylic acid groups (broad SMARTS) is 1. The number of benzene rings is 2. The number of carbonyl (C=O) groups is 1. The quantitative estimate of drug-likeness (QED) is 0.794. The zero-order valence-corrected chi connectivity index (χ0v) is 12.9. The van der Waals surface area contributed by atoms with Gasteiger partial charge < -0.3 is 9.84 Å². The van der Waals surface area contributed by atoms with Crippen LogP contribution in [0.15, 0.2) is 59.5 Å². The molecule has 3 rings (SSSR count). The van der Waals surface area contributed by atoms with E-state index in [1.807, 2.05) is 0 Å². The van der Waals surface area contributed by atoms with Gasteiger partial charge in [0.2, 0.25) is 0 Å². The predicted molar refractivity (Wildman–Crippen MR) is 84.5 cm³/mol. The molecule has 3 aromatic rings. The highest BCUT2D eigenvalue weighted by Gasteiger charge is 2.26. The molecular weight excluding hydrogens is 318 g/mol. The van der Waals surface area contributed by atoms with E-state index in [-0.39, 0.29) is 10.6 Å². The average Bonchev–Trinajstić information content (AvgIpc) is 2.95. The summed E-state index contributed by atoms with van der Waals surface area (Å²) in [4.78, 5) is 11.4. The van der Waals surface area contributed by atoms with Crippen LogP contribution >= 0.6 is 0 Å². The van der Waals surface area contributed by atoms with E-state index in [0.29, 0.717) is 16.7 Å². The van der Waals surface area contributed by atoms with Gasteiger partial charge in [0, 0.05) is 11.5 Å². The van der Waals surface area contributed by atoms with Crippen molar-refractivity contribution in [3.8, 4) is 5.75 Å². The minimum atomic E-state index is -4.07. The van der Waals surface area contributed by atoms with Crippen molar-refractivity contribution >= 4 is 26.9 Å². The highest BCUT2D eigenvalue weighted by molar-refractivity contribution is 7.90. The van der Waals surface area contributed by atoms with E-state index >= 15 is 0 Å². The molecule has 0 amide bonds. The lowest BCUT2D eigenvalue weighted by Gasteiger charge is -2.11. The molecule has 0 radical (unpaired) electrons. The second-order valence-corrected chi connectivity index (χ2v) is 6.63. The first kappa shape index (κ1) is 15.1. The first-order valence-electron chi connectivity index (χ1n) is 6.68. The Morgan fingerprint density at radius 1 is 1.09 bits per heavy atom. The van der Waals surface area contributed by atoms with E-state index in [4.69, 9.17) is 4.74 Å². The lowest BCUT2D eigenvalue weighted by molar-refractivity contribution is 0.0689. The first-order chi connectivity index (χ1) is 10.9. The highest BCUT2D eigenvalue weighted by atomic mass is 32.2. The summed E-state index contributed by atoms with van der Waals surface area (Å²) in [5, 5.41) is 9.91. The average molecular weight is 331 g/mol. The standard InChI is InChI=1S/C16H13NO5S/c1-22-12-6-4-7-13(10-12)23(20,21)17-14-8-3-2-5-11(14)9-15(17)16(18)19/h2-10H,1H3,(H,18,19). The predicted octanol–water partition coefficient (Wildman–Crippen LogP) is 2.59. The number of aromatic nitrogens is 1. The Hall–Kier alpha value is -2.80. The molecule has 0 atom stereocenters. The molecule has 0 bridgehead atoms. The van der Waals surface area contributed by atoms with Crippen molar-refractivity contribution in [2.45, 2.75) is 4.90 Å². The summed E-state index contributed by atoms with van der Waals surface area (Å²) >= 11 is 0. The van der Waals surface area contributed by atoms with Crippen molar-refractivity contribution in [2.24, 2.45) is 0 Å². The topological polar surface area (TPSA) is 85.6 Å². The van der Waals surface area contributed by atoms with Gasteiger partial charge in [0.15, 0.2) is 0 Å². The molecule has 1 N–H and O–H groups in total. The van der Waals surface area contributed by atoms with E-state index in [1.165, 1.54) is 31.4 Å². The fourth-order valence-corrected chi connectivity index (χ4v) is 3.95. The lowest BCUT2D eigenvalue weighted by Crippen LogP contribution is -2.18. The van der Waals surface area contributed by atoms with Crippen LogP contribution in [0, 0.1) is 0 Å². The van der Waals surface area contributed by atoms with E-state index in [2.05, 4.69) is 0 Å². The molecule has 0 aliphatic carbocycles. The van der Waals surface area contributed by atoms with E-state index in [1.54, 1.807) is 30.3 Å². The molecule has 0 saturated heterocycles. The summed E-state index contributed by atoms with van der Waals surface area (Å²) in [6.07, 6.45) is 0. The van der Waals surface area contributed by atoms with Crippen LogP contribution in [0.4, 0.5) is 0 Å². The summed E-state index contributed by atoms with van der Waals surface area (Å²) in [5.41, 5.74) is 0.00161. The Morgan fingerprint density at radius 2 is 1.83 bits per heavy atom. The van der Waals surface area contributed by atoms with E-state index in [0.717, 1.165) is 3.97 Å².